The summed E-state index contributed by atoms with van der Waals surface area (Å²) in [6.07, 6.45) is 1.67. The first-order chi connectivity index (χ1) is 14.2. The molecule has 1 N–H and O–H groups in total. The van der Waals surface area contributed by atoms with Crippen LogP contribution in [0.4, 0.5) is 0 Å². The fourth-order valence-electron chi connectivity index (χ4n) is 3.08. The summed E-state index contributed by atoms with van der Waals surface area (Å²) in [5, 5.41) is 0.558. The third-order valence-corrected chi connectivity index (χ3v) is 4.64. The van der Waals surface area contributed by atoms with Crippen LogP contribution in [0.15, 0.2) is 71.7 Å². The van der Waals surface area contributed by atoms with Crippen molar-refractivity contribution < 1.29 is 14.2 Å². The van der Waals surface area contributed by atoms with E-state index in [2.05, 4.69) is 9.97 Å². The van der Waals surface area contributed by atoms with Gasteiger partial charge in [0.2, 0.25) is 0 Å². The second kappa shape index (κ2) is 8.06. The largest absolute Gasteiger partial charge is 0.497 e. The van der Waals surface area contributed by atoms with Gasteiger partial charge in [-0.05, 0) is 54.1 Å². The number of H-pyrrole nitrogens is 1. The van der Waals surface area contributed by atoms with E-state index in [1.54, 1.807) is 32.5 Å². The molecular formula is C23H20N2O4. The monoisotopic (exact) mass is 388 g/mol. The number of methoxy groups -OCH3 is 2. The fourth-order valence-corrected chi connectivity index (χ4v) is 3.08. The van der Waals surface area contributed by atoms with Gasteiger partial charge in [-0.15, -0.1) is 0 Å². The van der Waals surface area contributed by atoms with Crippen LogP contribution in [0, 0.1) is 0 Å². The molecule has 2 heterocycles. The van der Waals surface area contributed by atoms with E-state index in [-0.39, 0.29) is 5.56 Å². The fraction of sp³-hybridized carbons (Fsp3) is 0.130. The topological polar surface area (TPSA) is 73.4 Å². The minimum absolute atomic E-state index is 0.176. The smallest absolute Gasteiger partial charge is 0.257 e. The Morgan fingerprint density at radius 1 is 0.931 bits per heavy atom. The number of ether oxygens (including phenoxy) is 3. The van der Waals surface area contributed by atoms with Gasteiger partial charge in [-0.1, -0.05) is 12.1 Å². The number of hydrogen-bond donors (Lipinski definition) is 1. The number of pyridine rings is 2. The highest BCUT2D eigenvalue weighted by atomic mass is 16.5. The number of fused-ring (bicyclic) bond motifs is 1. The van der Waals surface area contributed by atoms with E-state index < -0.39 is 0 Å². The summed E-state index contributed by atoms with van der Waals surface area (Å²) in [6.45, 7) is 0.399. The molecule has 2 aromatic heterocycles. The molecule has 0 spiro atoms. The van der Waals surface area contributed by atoms with E-state index in [1.165, 1.54) is 0 Å². The van der Waals surface area contributed by atoms with E-state index in [1.807, 2.05) is 48.5 Å². The van der Waals surface area contributed by atoms with E-state index >= 15 is 0 Å². The Hall–Kier alpha value is -3.80. The van der Waals surface area contributed by atoms with Crippen LogP contribution in [0.5, 0.6) is 17.2 Å². The van der Waals surface area contributed by atoms with Gasteiger partial charge in [-0.3, -0.25) is 9.78 Å². The molecular weight excluding hydrogens is 368 g/mol. The highest BCUT2D eigenvalue weighted by Crippen LogP contribution is 2.32. The zero-order valence-corrected chi connectivity index (χ0v) is 16.1. The summed E-state index contributed by atoms with van der Waals surface area (Å²) >= 11 is 0. The van der Waals surface area contributed by atoms with Crippen LogP contribution in [0.2, 0.25) is 0 Å². The van der Waals surface area contributed by atoms with E-state index in [0.29, 0.717) is 34.7 Å². The van der Waals surface area contributed by atoms with Crippen molar-refractivity contribution in [3.8, 4) is 28.5 Å². The summed E-state index contributed by atoms with van der Waals surface area (Å²) in [5.41, 5.74) is 2.96. The lowest BCUT2D eigenvalue weighted by Gasteiger charge is -2.13. The molecule has 4 aromatic rings. The lowest BCUT2D eigenvalue weighted by atomic mass is 10.1. The van der Waals surface area contributed by atoms with Crippen LogP contribution in [0.3, 0.4) is 0 Å². The van der Waals surface area contributed by atoms with Gasteiger partial charge in [0.15, 0.2) is 11.5 Å². The highest BCUT2D eigenvalue weighted by Gasteiger charge is 2.10. The number of hydrogen-bond acceptors (Lipinski definition) is 5. The zero-order valence-electron chi connectivity index (χ0n) is 16.1. The molecule has 146 valence electrons. The van der Waals surface area contributed by atoms with Gasteiger partial charge in [-0.2, -0.15) is 0 Å². The molecule has 0 unspecified atom stereocenters. The van der Waals surface area contributed by atoms with Crippen molar-refractivity contribution in [2.24, 2.45) is 0 Å². The summed E-state index contributed by atoms with van der Waals surface area (Å²) in [6, 6.07) is 18.6. The maximum atomic E-state index is 12.3. The molecule has 0 aliphatic carbocycles. The van der Waals surface area contributed by atoms with Crippen molar-refractivity contribution in [1.82, 2.24) is 9.97 Å². The third kappa shape index (κ3) is 3.91. The molecule has 6 heteroatoms. The number of aromatic nitrogens is 2. The van der Waals surface area contributed by atoms with Crippen LogP contribution < -0.4 is 19.8 Å². The van der Waals surface area contributed by atoms with E-state index in [9.17, 15) is 4.79 Å². The van der Waals surface area contributed by atoms with Crippen LogP contribution in [0.1, 0.15) is 5.56 Å². The SMILES string of the molecule is COc1ccc(COc2ccc(-c3cc4ncccc4c(=O)[nH]3)cc2OC)cc1. The first-order valence-electron chi connectivity index (χ1n) is 9.10. The Morgan fingerprint density at radius 2 is 1.76 bits per heavy atom. The molecule has 2 aromatic carbocycles. The molecule has 0 amide bonds. The van der Waals surface area contributed by atoms with Gasteiger partial charge in [0.05, 0.1) is 30.8 Å². The third-order valence-electron chi connectivity index (χ3n) is 4.64. The predicted octanol–water partition coefficient (Wildman–Crippen LogP) is 4.19. The standard InChI is InChI=1S/C23H20N2O4/c1-27-17-8-5-15(6-9-17)14-29-21-10-7-16(12-22(21)28-2)19-13-20-18(23(26)25-19)4-3-11-24-20/h3-13H,14H2,1-2H3,(H,25,26). The lowest BCUT2D eigenvalue weighted by Crippen LogP contribution is -2.07. The number of nitrogens with one attached hydrogen (secondary N) is 1. The molecule has 0 aliphatic rings. The first kappa shape index (κ1) is 18.6. The molecule has 0 radical (unpaired) electrons. The highest BCUT2D eigenvalue weighted by molar-refractivity contribution is 5.81. The van der Waals surface area contributed by atoms with Crippen LogP contribution in [0.25, 0.3) is 22.2 Å². The Balaban J connectivity index is 1.60. The average molecular weight is 388 g/mol. The normalized spacial score (nSPS) is 10.7. The quantitative estimate of drug-likeness (QED) is 0.536. The van der Waals surface area contributed by atoms with Gasteiger partial charge in [0.1, 0.15) is 12.4 Å². The van der Waals surface area contributed by atoms with E-state index in [0.717, 1.165) is 16.9 Å². The van der Waals surface area contributed by atoms with Crippen LogP contribution in [-0.4, -0.2) is 24.2 Å². The summed E-state index contributed by atoms with van der Waals surface area (Å²) in [5.74, 6) is 2.00. The number of aromatic amines is 1. The van der Waals surface area contributed by atoms with E-state index in [4.69, 9.17) is 14.2 Å². The zero-order chi connectivity index (χ0) is 20.2. The molecule has 0 atom stereocenters. The van der Waals surface area contributed by atoms with Gasteiger partial charge < -0.3 is 19.2 Å². The molecule has 29 heavy (non-hydrogen) atoms. The molecule has 0 saturated heterocycles. The Labute approximate surface area is 167 Å². The molecule has 0 aliphatic heterocycles. The summed E-state index contributed by atoms with van der Waals surface area (Å²) in [4.78, 5) is 19.5. The molecule has 0 saturated carbocycles. The second-order valence-electron chi connectivity index (χ2n) is 6.45. The van der Waals surface area contributed by atoms with Gasteiger partial charge in [-0.25, -0.2) is 0 Å². The van der Waals surface area contributed by atoms with Crippen molar-refractivity contribution in [1.29, 1.82) is 0 Å². The van der Waals surface area contributed by atoms with Crippen LogP contribution >= 0.6 is 0 Å². The van der Waals surface area contributed by atoms with Crippen molar-refractivity contribution in [3.05, 3.63) is 82.8 Å². The Bertz CT molecular complexity index is 1200. The van der Waals surface area contributed by atoms with Crippen molar-refractivity contribution in [2.75, 3.05) is 14.2 Å². The van der Waals surface area contributed by atoms with Crippen LogP contribution in [-0.2, 0) is 6.61 Å². The lowest BCUT2D eigenvalue weighted by molar-refractivity contribution is 0.284. The van der Waals surface area contributed by atoms with Gasteiger partial charge in [0.25, 0.3) is 5.56 Å². The molecule has 6 nitrogen and oxygen atoms in total. The number of rotatable bonds is 6. The summed E-state index contributed by atoms with van der Waals surface area (Å²) in [7, 11) is 3.22. The molecule has 0 bridgehead atoms. The maximum absolute atomic E-state index is 12.3. The first-order valence-corrected chi connectivity index (χ1v) is 9.10. The number of nitrogens with zero attached hydrogens (tertiary/aromatic N) is 1. The van der Waals surface area contributed by atoms with Gasteiger partial charge in [0, 0.05) is 11.8 Å². The molecule has 4 rings (SSSR count). The second-order valence-corrected chi connectivity index (χ2v) is 6.45. The number of benzene rings is 2. The summed E-state index contributed by atoms with van der Waals surface area (Å²) < 4.78 is 16.6. The minimum atomic E-state index is -0.176. The van der Waals surface area contributed by atoms with Crippen molar-refractivity contribution >= 4 is 10.9 Å². The van der Waals surface area contributed by atoms with Crippen molar-refractivity contribution in [2.45, 2.75) is 6.61 Å². The Kier molecular flexibility index (Phi) is 5.16. The van der Waals surface area contributed by atoms with Crippen molar-refractivity contribution in [3.63, 3.8) is 0 Å². The minimum Gasteiger partial charge on any atom is -0.497 e. The van der Waals surface area contributed by atoms with Gasteiger partial charge >= 0.3 is 0 Å². The predicted molar refractivity (Wildman–Crippen MR) is 112 cm³/mol. The Morgan fingerprint density at radius 3 is 2.52 bits per heavy atom. The maximum Gasteiger partial charge on any atom is 0.257 e. The molecule has 0 fully saturated rings. The average Bonchev–Trinajstić information content (AvgIpc) is 2.78.